The number of aliphatic hydroxyl groups is 1. The van der Waals surface area contributed by atoms with Gasteiger partial charge in [0, 0.05) is 5.56 Å². The molecule has 0 aliphatic heterocycles. The molecule has 0 radical (unpaired) electrons. The fourth-order valence-corrected chi connectivity index (χ4v) is 2.15. The number of benzene rings is 1. The van der Waals surface area contributed by atoms with Crippen molar-refractivity contribution in [2.75, 3.05) is 6.61 Å². The van der Waals surface area contributed by atoms with Crippen molar-refractivity contribution in [2.45, 2.75) is 26.4 Å². The van der Waals surface area contributed by atoms with E-state index >= 15 is 0 Å². The summed E-state index contributed by atoms with van der Waals surface area (Å²) in [6, 6.07) is 4.97. The first kappa shape index (κ1) is 15.3. The Hall–Kier alpha value is -0.770. The Bertz CT molecular complexity index is 421. The Morgan fingerprint density at radius 1 is 1.39 bits per heavy atom. The highest BCUT2D eigenvalue weighted by Crippen LogP contribution is 2.34. The van der Waals surface area contributed by atoms with Crippen molar-refractivity contribution in [3.8, 4) is 0 Å². The van der Waals surface area contributed by atoms with Gasteiger partial charge in [0.25, 0.3) is 0 Å². The number of ether oxygens (including phenoxy) is 1. The van der Waals surface area contributed by atoms with Crippen molar-refractivity contribution < 1.29 is 14.6 Å². The first-order valence-corrected chi connectivity index (χ1v) is 6.57. The van der Waals surface area contributed by atoms with Crippen LogP contribution in [-0.2, 0) is 9.53 Å². The van der Waals surface area contributed by atoms with Crippen molar-refractivity contribution in [2.24, 2.45) is 5.92 Å². The number of hydrogen-bond acceptors (Lipinski definition) is 3. The van der Waals surface area contributed by atoms with Crippen LogP contribution in [0.4, 0.5) is 0 Å². The number of halogens is 2. The minimum Gasteiger partial charge on any atom is -0.466 e. The summed E-state index contributed by atoms with van der Waals surface area (Å²) in [4.78, 5) is 11.7. The van der Waals surface area contributed by atoms with E-state index in [1.165, 1.54) is 0 Å². The Balaban J connectivity index is 3.00. The smallest absolute Gasteiger partial charge is 0.311 e. The van der Waals surface area contributed by atoms with E-state index in [2.05, 4.69) is 0 Å². The van der Waals surface area contributed by atoms with Crippen molar-refractivity contribution in [1.82, 2.24) is 0 Å². The third-order valence-electron chi connectivity index (χ3n) is 2.71. The second-order valence-corrected chi connectivity index (χ2v) is 4.64. The van der Waals surface area contributed by atoms with Crippen LogP contribution in [0.2, 0.25) is 10.0 Å². The molecule has 1 aromatic carbocycles. The zero-order valence-corrected chi connectivity index (χ0v) is 11.8. The lowest BCUT2D eigenvalue weighted by Crippen LogP contribution is -2.24. The molecule has 1 aromatic rings. The van der Waals surface area contributed by atoms with Gasteiger partial charge >= 0.3 is 5.97 Å². The highest BCUT2D eigenvalue weighted by molar-refractivity contribution is 6.42. The number of rotatable bonds is 5. The Morgan fingerprint density at radius 3 is 2.61 bits per heavy atom. The lowest BCUT2D eigenvalue weighted by atomic mass is 9.93. The van der Waals surface area contributed by atoms with Crippen LogP contribution >= 0.6 is 23.2 Å². The molecule has 1 N–H and O–H groups in total. The summed E-state index contributed by atoms with van der Waals surface area (Å²) >= 11 is 11.9. The van der Waals surface area contributed by atoms with E-state index in [9.17, 15) is 9.90 Å². The average Bonchev–Trinajstić information content (AvgIpc) is 2.33. The summed E-state index contributed by atoms with van der Waals surface area (Å²) in [5.41, 5.74) is 0.448. The normalized spacial score (nSPS) is 14.1. The summed E-state index contributed by atoms with van der Waals surface area (Å²) in [5.74, 6) is -1.07. The Morgan fingerprint density at radius 2 is 2.06 bits per heavy atom. The molecule has 0 spiro atoms. The zero-order valence-electron chi connectivity index (χ0n) is 10.3. The highest BCUT2D eigenvalue weighted by Gasteiger charge is 2.29. The molecular weight excluding hydrogens is 275 g/mol. The molecule has 18 heavy (non-hydrogen) atoms. The van der Waals surface area contributed by atoms with Crippen LogP contribution in [0, 0.1) is 5.92 Å². The lowest BCUT2D eigenvalue weighted by molar-refractivity contribution is -0.152. The van der Waals surface area contributed by atoms with Gasteiger partial charge in [-0.1, -0.05) is 42.3 Å². The van der Waals surface area contributed by atoms with Crippen LogP contribution in [0.25, 0.3) is 0 Å². The molecule has 1 rings (SSSR count). The molecule has 3 nitrogen and oxygen atoms in total. The van der Waals surface area contributed by atoms with Crippen LogP contribution in [0.5, 0.6) is 0 Å². The maximum atomic E-state index is 11.7. The summed E-state index contributed by atoms with van der Waals surface area (Å²) in [6.45, 7) is 3.82. The molecule has 0 saturated heterocycles. The van der Waals surface area contributed by atoms with Crippen LogP contribution in [0.15, 0.2) is 18.2 Å². The fourth-order valence-electron chi connectivity index (χ4n) is 1.73. The largest absolute Gasteiger partial charge is 0.466 e. The Kier molecular flexibility index (Phi) is 5.93. The molecule has 2 unspecified atom stereocenters. The van der Waals surface area contributed by atoms with E-state index in [1.807, 2.05) is 6.92 Å². The summed E-state index contributed by atoms with van der Waals surface area (Å²) in [6.07, 6.45) is -0.553. The van der Waals surface area contributed by atoms with E-state index in [-0.39, 0.29) is 11.6 Å². The van der Waals surface area contributed by atoms with Gasteiger partial charge in [-0.05, 0) is 19.4 Å². The average molecular weight is 291 g/mol. The highest BCUT2D eigenvalue weighted by atomic mass is 35.5. The predicted octanol–water partition coefficient (Wildman–Crippen LogP) is 3.62. The van der Waals surface area contributed by atoms with Gasteiger partial charge in [0.15, 0.2) is 0 Å². The van der Waals surface area contributed by atoms with Crippen LogP contribution < -0.4 is 0 Å². The van der Waals surface area contributed by atoms with Crippen LogP contribution in [-0.4, -0.2) is 17.7 Å². The SMILES string of the molecule is CCOC(=O)C(CC)C(O)c1cccc(Cl)c1Cl. The first-order chi connectivity index (χ1) is 8.52. The maximum absolute atomic E-state index is 11.7. The molecule has 0 fully saturated rings. The summed E-state index contributed by atoms with van der Waals surface area (Å²) in [7, 11) is 0. The topological polar surface area (TPSA) is 46.5 Å². The molecule has 0 heterocycles. The van der Waals surface area contributed by atoms with Gasteiger partial charge in [0.2, 0.25) is 0 Å². The maximum Gasteiger partial charge on any atom is 0.311 e. The molecule has 0 amide bonds. The molecule has 100 valence electrons. The summed E-state index contributed by atoms with van der Waals surface area (Å²) < 4.78 is 4.93. The van der Waals surface area contributed by atoms with Gasteiger partial charge in [-0.2, -0.15) is 0 Å². The van der Waals surface area contributed by atoms with E-state index in [4.69, 9.17) is 27.9 Å². The minimum atomic E-state index is -1.01. The molecule has 0 aliphatic rings. The van der Waals surface area contributed by atoms with Crippen LogP contribution in [0.3, 0.4) is 0 Å². The van der Waals surface area contributed by atoms with Crippen molar-refractivity contribution in [1.29, 1.82) is 0 Å². The molecule has 0 aliphatic carbocycles. The van der Waals surface area contributed by atoms with E-state index in [0.717, 1.165) is 0 Å². The summed E-state index contributed by atoms with van der Waals surface area (Å²) in [5, 5.41) is 10.9. The number of carbonyl (C=O) groups is 1. The second-order valence-electron chi connectivity index (χ2n) is 3.85. The van der Waals surface area contributed by atoms with E-state index < -0.39 is 18.0 Å². The van der Waals surface area contributed by atoms with Crippen molar-refractivity contribution in [3.63, 3.8) is 0 Å². The number of aliphatic hydroxyl groups excluding tert-OH is 1. The molecule has 2 atom stereocenters. The molecule has 5 heteroatoms. The van der Waals surface area contributed by atoms with Gasteiger partial charge in [-0.15, -0.1) is 0 Å². The monoisotopic (exact) mass is 290 g/mol. The minimum absolute atomic E-state index is 0.273. The van der Waals surface area contributed by atoms with Gasteiger partial charge in [0.1, 0.15) is 0 Å². The number of carbonyl (C=O) groups excluding carboxylic acids is 1. The molecule has 0 aromatic heterocycles. The number of hydrogen-bond donors (Lipinski definition) is 1. The van der Waals surface area contributed by atoms with E-state index in [1.54, 1.807) is 25.1 Å². The molecular formula is C13H16Cl2O3. The third-order valence-corrected chi connectivity index (χ3v) is 3.54. The zero-order chi connectivity index (χ0) is 13.7. The van der Waals surface area contributed by atoms with Crippen LogP contribution in [0.1, 0.15) is 31.9 Å². The molecule has 0 saturated carbocycles. The fraction of sp³-hybridized carbons (Fsp3) is 0.462. The Labute approximate surface area is 117 Å². The third kappa shape index (κ3) is 3.37. The second kappa shape index (κ2) is 6.98. The van der Waals surface area contributed by atoms with Gasteiger partial charge < -0.3 is 9.84 Å². The van der Waals surface area contributed by atoms with Crippen molar-refractivity contribution >= 4 is 29.2 Å². The standard InChI is InChI=1S/C13H16Cl2O3/c1-3-8(13(17)18-4-2)12(16)9-6-5-7-10(14)11(9)15/h5-8,12,16H,3-4H2,1-2H3. The number of esters is 1. The molecule has 0 bridgehead atoms. The van der Waals surface area contributed by atoms with Crippen molar-refractivity contribution in [3.05, 3.63) is 33.8 Å². The lowest BCUT2D eigenvalue weighted by Gasteiger charge is -2.21. The van der Waals surface area contributed by atoms with Gasteiger partial charge in [-0.25, -0.2) is 0 Å². The van der Waals surface area contributed by atoms with E-state index in [0.29, 0.717) is 17.0 Å². The van der Waals surface area contributed by atoms with Gasteiger partial charge in [0.05, 0.1) is 28.7 Å². The van der Waals surface area contributed by atoms with Gasteiger partial charge in [-0.3, -0.25) is 4.79 Å². The first-order valence-electron chi connectivity index (χ1n) is 5.81. The predicted molar refractivity (Wildman–Crippen MR) is 71.8 cm³/mol. The quantitative estimate of drug-likeness (QED) is 0.843.